The zero-order valence-electron chi connectivity index (χ0n) is 16.0. The Morgan fingerprint density at radius 3 is 1.78 bits per heavy atom. The van der Waals surface area contributed by atoms with Gasteiger partial charge in [0.2, 0.25) is 0 Å². The molecule has 2 bridgehead atoms. The number of Topliss-reactive ketones (excluding diaryl/α,β-unsaturated/α-hetero) is 1. The monoisotopic (exact) mass is 359 g/mol. The molecular weight excluding hydrogens is 330 g/mol. The van der Waals surface area contributed by atoms with Crippen molar-refractivity contribution in [2.24, 2.45) is 5.92 Å². The minimum Gasteiger partial charge on any atom is -0.299 e. The SMILES string of the molecule is O=C1CC2(N3CCCCC3)CC(c3ccccc3)C1C(c1ccccc1)C2. The molecule has 2 atom stereocenters. The maximum absolute atomic E-state index is 13.4. The largest absolute Gasteiger partial charge is 0.299 e. The predicted octanol–water partition coefficient (Wildman–Crippen LogP) is 5.16. The first-order chi connectivity index (χ1) is 13.3. The standard InChI is InChI=1S/C25H29NO/c27-23-18-25(26-14-8-3-9-15-26)16-21(19-10-4-1-5-11-19)24(23)22(17-25)20-12-6-2-7-13-20/h1-2,4-7,10-13,21-22,24H,3,8-9,14-18H2. The second-order valence-electron chi connectivity index (χ2n) is 8.88. The molecule has 2 aromatic rings. The van der Waals surface area contributed by atoms with E-state index in [2.05, 4.69) is 65.6 Å². The summed E-state index contributed by atoms with van der Waals surface area (Å²) in [6.45, 7) is 2.34. The topological polar surface area (TPSA) is 20.3 Å². The first-order valence-electron chi connectivity index (χ1n) is 10.6. The van der Waals surface area contributed by atoms with Crippen LogP contribution >= 0.6 is 0 Å². The van der Waals surface area contributed by atoms with Gasteiger partial charge in [-0.1, -0.05) is 67.1 Å². The van der Waals surface area contributed by atoms with Crippen LogP contribution in [-0.4, -0.2) is 29.3 Å². The van der Waals surface area contributed by atoms with Crippen LogP contribution in [-0.2, 0) is 4.79 Å². The van der Waals surface area contributed by atoms with Crippen molar-refractivity contribution in [1.82, 2.24) is 4.90 Å². The van der Waals surface area contributed by atoms with Crippen LogP contribution in [0.4, 0.5) is 0 Å². The zero-order chi connectivity index (χ0) is 18.3. The average molecular weight is 360 g/mol. The summed E-state index contributed by atoms with van der Waals surface area (Å²) in [5.41, 5.74) is 2.78. The van der Waals surface area contributed by atoms with Gasteiger partial charge < -0.3 is 0 Å². The third-order valence-electron chi connectivity index (χ3n) is 7.42. The molecule has 140 valence electrons. The summed E-state index contributed by atoms with van der Waals surface area (Å²) < 4.78 is 0. The van der Waals surface area contributed by atoms with Gasteiger partial charge in [-0.05, 0) is 61.7 Å². The van der Waals surface area contributed by atoms with E-state index in [1.807, 2.05) is 0 Å². The summed E-state index contributed by atoms with van der Waals surface area (Å²) in [7, 11) is 0. The Balaban J connectivity index is 1.59. The highest BCUT2D eigenvalue weighted by molar-refractivity contribution is 5.86. The lowest BCUT2D eigenvalue weighted by molar-refractivity contribution is -0.140. The predicted molar refractivity (Wildman–Crippen MR) is 109 cm³/mol. The van der Waals surface area contributed by atoms with Gasteiger partial charge in [-0.3, -0.25) is 9.69 Å². The molecule has 0 aromatic heterocycles. The van der Waals surface area contributed by atoms with E-state index in [4.69, 9.17) is 0 Å². The quantitative estimate of drug-likeness (QED) is 0.754. The third-order valence-corrected chi connectivity index (χ3v) is 7.42. The van der Waals surface area contributed by atoms with Crippen molar-refractivity contribution in [3.05, 3.63) is 71.8 Å². The molecule has 2 unspecified atom stereocenters. The molecular formula is C25H29NO. The van der Waals surface area contributed by atoms with Crippen LogP contribution in [0.5, 0.6) is 0 Å². The van der Waals surface area contributed by atoms with Crippen LogP contribution in [0.1, 0.15) is 61.5 Å². The lowest BCUT2D eigenvalue weighted by Crippen LogP contribution is -2.62. The molecule has 0 spiro atoms. The number of rotatable bonds is 3. The maximum Gasteiger partial charge on any atom is 0.139 e. The van der Waals surface area contributed by atoms with Crippen LogP contribution in [0, 0.1) is 5.92 Å². The van der Waals surface area contributed by atoms with Crippen LogP contribution in [0.2, 0.25) is 0 Å². The van der Waals surface area contributed by atoms with E-state index < -0.39 is 0 Å². The molecule has 4 fully saturated rings. The number of ketones is 1. The molecule has 3 aliphatic carbocycles. The highest BCUT2D eigenvalue weighted by Crippen LogP contribution is 2.58. The van der Waals surface area contributed by atoms with E-state index in [-0.39, 0.29) is 11.5 Å². The second kappa shape index (κ2) is 6.91. The molecule has 3 saturated carbocycles. The molecule has 4 aliphatic rings. The molecule has 27 heavy (non-hydrogen) atoms. The first kappa shape index (κ1) is 17.2. The van der Waals surface area contributed by atoms with Gasteiger partial charge >= 0.3 is 0 Å². The van der Waals surface area contributed by atoms with Gasteiger partial charge in [-0.2, -0.15) is 0 Å². The maximum atomic E-state index is 13.4. The third kappa shape index (κ3) is 2.95. The molecule has 0 amide bonds. The number of fused-ring (bicyclic) bond motifs is 3. The smallest absolute Gasteiger partial charge is 0.139 e. The minimum atomic E-state index is 0.0628. The van der Waals surface area contributed by atoms with Crippen molar-refractivity contribution >= 4 is 5.78 Å². The number of hydrogen-bond donors (Lipinski definition) is 0. The molecule has 2 aromatic carbocycles. The molecule has 1 aliphatic heterocycles. The van der Waals surface area contributed by atoms with E-state index in [0.717, 1.165) is 19.3 Å². The Bertz CT molecular complexity index is 744. The number of benzene rings is 2. The Kier molecular flexibility index (Phi) is 4.40. The van der Waals surface area contributed by atoms with E-state index >= 15 is 0 Å². The van der Waals surface area contributed by atoms with E-state index in [1.165, 1.54) is 43.5 Å². The van der Waals surface area contributed by atoms with Crippen molar-refractivity contribution in [2.45, 2.75) is 55.9 Å². The molecule has 0 N–H and O–H groups in total. The van der Waals surface area contributed by atoms with Gasteiger partial charge in [-0.25, -0.2) is 0 Å². The molecule has 1 heterocycles. The molecule has 0 radical (unpaired) electrons. The summed E-state index contributed by atoms with van der Waals surface area (Å²) in [6, 6.07) is 21.7. The first-order valence-corrected chi connectivity index (χ1v) is 10.6. The zero-order valence-corrected chi connectivity index (χ0v) is 16.0. The van der Waals surface area contributed by atoms with Crippen molar-refractivity contribution in [3.63, 3.8) is 0 Å². The normalized spacial score (nSPS) is 33.9. The highest BCUT2D eigenvalue weighted by atomic mass is 16.1. The van der Waals surface area contributed by atoms with E-state index in [0.29, 0.717) is 17.6 Å². The van der Waals surface area contributed by atoms with Crippen molar-refractivity contribution < 1.29 is 4.79 Å². The summed E-state index contributed by atoms with van der Waals surface area (Å²) in [5.74, 6) is 1.35. The van der Waals surface area contributed by atoms with Crippen molar-refractivity contribution in [3.8, 4) is 0 Å². The fourth-order valence-electron chi connectivity index (χ4n) is 6.26. The summed E-state index contributed by atoms with van der Waals surface area (Å²) >= 11 is 0. The second-order valence-corrected chi connectivity index (χ2v) is 8.88. The van der Waals surface area contributed by atoms with Crippen molar-refractivity contribution in [1.29, 1.82) is 0 Å². The lowest BCUT2D eigenvalue weighted by Gasteiger charge is -2.59. The number of likely N-dealkylation sites (tertiary alicyclic amines) is 1. The van der Waals surface area contributed by atoms with Gasteiger partial charge in [0.1, 0.15) is 5.78 Å². The lowest BCUT2D eigenvalue weighted by atomic mass is 9.52. The number of nitrogens with zero attached hydrogens (tertiary/aromatic N) is 1. The summed E-state index contributed by atoms with van der Waals surface area (Å²) in [5, 5.41) is 0. The number of carbonyl (C=O) groups is 1. The number of hydrogen-bond acceptors (Lipinski definition) is 2. The molecule has 2 heteroatoms. The van der Waals surface area contributed by atoms with Crippen LogP contribution in [0.25, 0.3) is 0 Å². The minimum absolute atomic E-state index is 0.0628. The van der Waals surface area contributed by atoms with Gasteiger partial charge in [0, 0.05) is 17.9 Å². The Labute approximate surface area is 162 Å². The average Bonchev–Trinajstić information content (AvgIpc) is 2.75. The molecule has 6 rings (SSSR count). The number of carbonyl (C=O) groups excluding carboxylic acids is 1. The highest BCUT2D eigenvalue weighted by Gasteiger charge is 2.57. The van der Waals surface area contributed by atoms with Crippen LogP contribution in [0.3, 0.4) is 0 Å². The Morgan fingerprint density at radius 2 is 1.26 bits per heavy atom. The van der Waals surface area contributed by atoms with E-state index in [1.54, 1.807) is 0 Å². The van der Waals surface area contributed by atoms with E-state index in [9.17, 15) is 4.79 Å². The van der Waals surface area contributed by atoms with Gasteiger partial charge in [0.25, 0.3) is 0 Å². The van der Waals surface area contributed by atoms with Gasteiger partial charge in [-0.15, -0.1) is 0 Å². The fraction of sp³-hybridized carbons (Fsp3) is 0.480. The summed E-state index contributed by atoms with van der Waals surface area (Å²) in [6.07, 6.45) is 6.97. The fourth-order valence-corrected chi connectivity index (χ4v) is 6.26. The van der Waals surface area contributed by atoms with Crippen LogP contribution < -0.4 is 0 Å². The Hall–Kier alpha value is -1.93. The Morgan fingerprint density at radius 1 is 0.741 bits per heavy atom. The van der Waals surface area contributed by atoms with Gasteiger partial charge in [0.15, 0.2) is 0 Å². The molecule has 1 saturated heterocycles. The number of piperidine rings is 1. The summed E-state index contributed by atoms with van der Waals surface area (Å²) in [4.78, 5) is 16.1. The molecule has 2 nitrogen and oxygen atoms in total. The van der Waals surface area contributed by atoms with Crippen molar-refractivity contribution in [2.75, 3.05) is 13.1 Å². The van der Waals surface area contributed by atoms with Gasteiger partial charge in [0.05, 0.1) is 0 Å². The van der Waals surface area contributed by atoms with Crippen LogP contribution in [0.15, 0.2) is 60.7 Å².